The molecule has 1 fully saturated rings. The van der Waals surface area contributed by atoms with Crippen molar-refractivity contribution in [3.8, 4) is 0 Å². The lowest BCUT2D eigenvalue weighted by Crippen LogP contribution is -2.34. The zero-order valence-electron chi connectivity index (χ0n) is 16.0. The van der Waals surface area contributed by atoms with Crippen LogP contribution in [0, 0.1) is 12.8 Å². The summed E-state index contributed by atoms with van der Waals surface area (Å²) in [6.45, 7) is 8.21. The van der Waals surface area contributed by atoms with E-state index in [2.05, 4.69) is 21.9 Å². The van der Waals surface area contributed by atoms with Gasteiger partial charge in [-0.05, 0) is 75.9 Å². The maximum atomic E-state index is 12.3. The summed E-state index contributed by atoms with van der Waals surface area (Å²) in [4.78, 5) is 14.8. The van der Waals surface area contributed by atoms with Gasteiger partial charge in [-0.15, -0.1) is 0 Å². The van der Waals surface area contributed by atoms with E-state index < -0.39 is 10.0 Å². The lowest BCUT2D eigenvalue weighted by Gasteiger charge is -2.30. The van der Waals surface area contributed by atoms with Crippen LogP contribution in [-0.2, 0) is 10.0 Å². The number of carbonyl (C=O) groups is 1. The van der Waals surface area contributed by atoms with E-state index in [4.69, 9.17) is 0 Å². The monoisotopic (exact) mass is 381 g/mol. The van der Waals surface area contributed by atoms with Crippen LogP contribution in [0.15, 0.2) is 18.2 Å². The van der Waals surface area contributed by atoms with E-state index in [1.807, 2.05) is 0 Å². The highest BCUT2D eigenvalue weighted by atomic mass is 32.2. The van der Waals surface area contributed by atoms with E-state index in [0.29, 0.717) is 17.8 Å². The maximum absolute atomic E-state index is 12.3. The molecule has 146 valence electrons. The van der Waals surface area contributed by atoms with Gasteiger partial charge in [-0.1, -0.05) is 13.0 Å². The van der Waals surface area contributed by atoms with Crippen LogP contribution in [0.5, 0.6) is 0 Å². The van der Waals surface area contributed by atoms with Gasteiger partial charge in [-0.2, -0.15) is 0 Å². The molecule has 0 unspecified atom stereocenters. The normalized spacial score (nSPS) is 16.4. The Kier molecular flexibility index (Phi) is 7.46. The quantitative estimate of drug-likeness (QED) is 0.679. The van der Waals surface area contributed by atoms with Crippen LogP contribution in [-0.4, -0.2) is 51.7 Å². The Labute approximate surface area is 157 Å². The zero-order chi connectivity index (χ0) is 19.2. The second-order valence-electron chi connectivity index (χ2n) is 7.39. The highest BCUT2D eigenvalue weighted by molar-refractivity contribution is 7.92. The molecular formula is C19H31N3O3S. The average Bonchev–Trinajstić information content (AvgIpc) is 2.57. The van der Waals surface area contributed by atoms with Crippen LogP contribution in [0.25, 0.3) is 0 Å². The Bertz CT molecular complexity index is 711. The molecule has 1 aliphatic rings. The molecule has 1 aromatic carbocycles. The molecule has 2 rings (SSSR count). The number of benzene rings is 1. The molecule has 0 saturated carbocycles. The first-order valence-corrected chi connectivity index (χ1v) is 11.2. The molecule has 0 bridgehead atoms. The van der Waals surface area contributed by atoms with Crippen LogP contribution in [0.1, 0.15) is 48.5 Å². The van der Waals surface area contributed by atoms with E-state index in [9.17, 15) is 13.2 Å². The van der Waals surface area contributed by atoms with Crippen LogP contribution >= 0.6 is 0 Å². The summed E-state index contributed by atoms with van der Waals surface area (Å²) < 4.78 is 25.3. The number of likely N-dealkylation sites (tertiary alicyclic amines) is 1. The van der Waals surface area contributed by atoms with Gasteiger partial charge in [-0.25, -0.2) is 8.42 Å². The first-order valence-electron chi connectivity index (χ1n) is 9.33. The van der Waals surface area contributed by atoms with E-state index in [1.54, 1.807) is 25.1 Å². The molecule has 2 N–H and O–H groups in total. The second kappa shape index (κ2) is 9.37. The van der Waals surface area contributed by atoms with Gasteiger partial charge in [-0.3, -0.25) is 9.52 Å². The lowest BCUT2D eigenvalue weighted by atomic mass is 9.99. The third kappa shape index (κ3) is 6.96. The highest BCUT2D eigenvalue weighted by Crippen LogP contribution is 2.18. The summed E-state index contributed by atoms with van der Waals surface area (Å²) in [6.07, 6.45) is 5.69. The number of hydrogen-bond donors (Lipinski definition) is 2. The van der Waals surface area contributed by atoms with Crippen molar-refractivity contribution < 1.29 is 13.2 Å². The van der Waals surface area contributed by atoms with Crippen molar-refractivity contribution in [2.45, 2.75) is 39.5 Å². The number of rotatable bonds is 8. The van der Waals surface area contributed by atoms with Crippen molar-refractivity contribution in [2.75, 3.05) is 37.2 Å². The fourth-order valence-electron chi connectivity index (χ4n) is 3.12. The van der Waals surface area contributed by atoms with E-state index >= 15 is 0 Å². The number of aryl methyl sites for hydroxylation is 1. The van der Waals surface area contributed by atoms with Crippen molar-refractivity contribution in [3.63, 3.8) is 0 Å². The molecule has 26 heavy (non-hydrogen) atoms. The number of piperidine rings is 1. The van der Waals surface area contributed by atoms with Crippen LogP contribution in [0.4, 0.5) is 5.69 Å². The van der Waals surface area contributed by atoms with Gasteiger partial charge in [0.1, 0.15) is 0 Å². The molecule has 0 aromatic heterocycles. The Morgan fingerprint density at radius 1 is 1.23 bits per heavy atom. The summed E-state index contributed by atoms with van der Waals surface area (Å²) >= 11 is 0. The molecule has 0 atom stereocenters. The average molecular weight is 382 g/mol. The molecule has 1 aromatic rings. The van der Waals surface area contributed by atoms with E-state index in [1.165, 1.54) is 25.9 Å². The van der Waals surface area contributed by atoms with E-state index in [0.717, 1.165) is 37.1 Å². The smallest absolute Gasteiger partial charge is 0.251 e. The van der Waals surface area contributed by atoms with Crippen molar-refractivity contribution in [1.82, 2.24) is 10.2 Å². The van der Waals surface area contributed by atoms with E-state index in [-0.39, 0.29) is 5.91 Å². The topological polar surface area (TPSA) is 78.5 Å². The molecule has 0 aliphatic carbocycles. The zero-order valence-corrected chi connectivity index (χ0v) is 16.9. The molecule has 6 nitrogen and oxygen atoms in total. The van der Waals surface area contributed by atoms with Crippen molar-refractivity contribution >= 4 is 21.6 Å². The van der Waals surface area contributed by atoms with Crippen molar-refractivity contribution in [2.24, 2.45) is 5.92 Å². The Hall–Kier alpha value is -1.60. The lowest BCUT2D eigenvalue weighted by molar-refractivity contribution is 0.0952. The number of anilines is 1. The maximum Gasteiger partial charge on any atom is 0.251 e. The fourth-order valence-corrected chi connectivity index (χ4v) is 3.74. The highest BCUT2D eigenvalue weighted by Gasteiger charge is 2.15. The Morgan fingerprint density at radius 2 is 1.92 bits per heavy atom. The van der Waals surface area contributed by atoms with Gasteiger partial charge in [0.05, 0.1) is 11.9 Å². The van der Waals surface area contributed by atoms with Gasteiger partial charge < -0.3 is 10.2 Å². The first-order chi connectivity index (χ1) is 12.2. The largest absolute Gasteiger partial charge is 0.352 e. The molecule has 1 heterocycles. The number of hydrogen-bond acceptors (Lipinski definition) is 4. The summed E-state index contributed by atoms with van der Waals surface area (Å²) in [5, 5.41) is 2.92. The van der Waals surface area contributed by atoms with Crippen LogP contribution in [0.3, 0.4) is 0 Å². The number of unbranched alkanes of at least 4 members (excludes halogenated alkanes) is 1. The second-order valence-corrected chi connectivity index (χ2v) is 9.14. The number of nitrogens with zero attached hydrogens (tertiary/aromatic N) is 1. The number of nitrogens with one attached hydrogen (secondary N) is 2. The molecular weight excluding hydrogens is 350 g/mol. The standard InChI is InChI=1S/C19H31N3O3S/c1-15-8-12-22(13-9-15)11-5-4-10-20-19(23)17-7-6-16(2)18(14-17)21-26(3,24)25/h6-7,14-15,21H,4-5,8-13H2,1-3H3,(H,20,23). The van der Waals surface area contributed by atoms with Crippen LogP contribution < -0.4 is 10.0 Å². The van der Waals surface area contributed by atoms with Gasteiger partial charge in [0.25, 0.3) is 5.91 Å². The fraction of sp³-hybridized carbons (Fsp3) is 0.632. The SMILES string of the molecule is Cc1ccc(C(=O)NCCCCN2CCC(C)CC2)cc1NS(C)(=O)=O. The molecule has 1 saturated heterocycles. The van der Waals surface area contributed by atoms with Crippen molar-refractivity contribution in [3.05, 3.63) is 29.3 Å². The third-order valence-electron chi connectivity index (χ3n) is 4.86. The molecule has 1 aliphatic heterocycles. The summed E-state index contributed by atoms with van der Waals surface area (Å²) in [7, 11) is -3.37. The number of carbonyl (C=O) groups excluding carboxylic acids is 1. The summed E-state index contributed by atoms with van der Waals surface area (Å²) in [6, 6.07) is 5.05. The molecule has 0 spiro atoms. The predicted molar refractivity (Wildman–Crippen MR) is 106 cm³/mol. The Morgan fingerprint density at radius 3 is 2.58 bits per heavy atom. The van der Waals surface area contributed by atoms with Gasteiger partial charge in [0, 0.05) is 12.1 Å². The number of sulfonamides is 1. The molecule has 7 heteroatoms. The van der Waals surface area contributed by atoms with Crippen molar-refractivity contribution in [1.29, 1.82) is 0 Å². The number of amides is 1. The third-order valence-corrected chi connectivity index (χ3v) is 5.45. The Balaban J connectivity index is 1.75. The molecule has 1 amide bonds. The van der Waals surface area contributed by atoms with Gasteiger partial charge in [0.2, 0.25) is 10.0 Å². The predicted octanol–water partition coefficient (Wildman–Crippen LogP) is 2.61. The first kappa shape index (κ1) is 20.7. The summed E-state index contributed by atoms with van der Waals surface area (Å²) in [5.74, 6) is 0.676. The minimum Gasteiger partial charge on any atom is -0.352 e. The summed E-state index contributed by atoms with van der Waals surface area (Å²) in [5.41, 5.74) is 1.69. The van der Waals surface area contributed by atoms with Gasteiger partial charge in [0.15, 0.2) is 0 Å². The molecule has 0 radical (unpaired) electrons. The minimum absolute atomic E-state index is 0.173. The van der Waals surface area contributed by atoms with Crippen LogP contribution in [0.2, 0.25) is 0 Å². The van der Waals surface area contributed by atoms with Gasteiger partial charge >= 0.3 is 0 Å². The minimum atomic E-state index is -3.37.